The molecule has 1 fully saturated rings. The molecule has 2 N–H and O–H groups in total. The van der Waals surface area contributed by atoms with E-state index in [1.54, 1.807) is 0 Å². The highest BCUT2D eigenvalue weighted by atomic mass is 32.2. The first-order valence-corrected chi connectivity index (χ1v) is 5.81. The van der Waals surface area contributed by atoms with Crippen LogP contribution in [0, 0.1) is 0 Å². The molecule has 0 bridgehead atoms. The van der Waals surface area contributed by atoms with E-state index in [0.717, 1.165) is 19.3 Å². The zero-order valence-corrected chi connectivity index (χ0v) is 8.32. The summed E-state index contributed by atoms with van der Waals surface area (Å²) in [5.74, 6) is 0. The van der Waals surface area contributed by atoms with Crippen LogP contribution in [0.4, 0.5) is 0 Å². The van der Waals surface area contributed by atoms with Crippen molar-refractivity contribution in [1.29, 1.82) is 0 Å². The van der Waals surface area contributed by atoms with Crippen molar-refractivity contribution in [3.8, 4) is 0 Å². The van der Waals surface area contributed by atoms with Gasteiger partial charge in [-0.2, -0.15) is 17.9 Å². The average Bonchev–Trinajstić information content (AvgIpc) is 1.82. The number of rotatable bonds is 2. The quantitative estimate of drug-likeness (QED) is 0.664. The predicted octanol–water partition coefficient (Wildman–Crippen LogP) is 0.371. The normalized spacial score (nSPS) is 34.8. The number of hydrogen-bond donors (Lipinski definition) is 2. The summed E-state index contributed by atoms with van der Waals surface area (Å²) in [6.07, 6.45) is 2.82. The van der Waals surface area contributed by atoms with Crippen molar-refractivity contribution in [3.05, 3.63) is 0 Å². The van der Waals surface area contributed by atoms with Gasteiger partial charge in [0, 0.05) is 12.1 Å². The maximum absolute atomic E-state index is 11.1. The Hall–Kier alpha value is -0.130. The Kier molecular flexibility index (Phi) is 3.09. The fourth-order valence-corrected chi connectivity index (χ4v) is 2.91. The van der Waals surface area contributed by atoms with E-state index in [1.807, 2.05) is 6.92 Å². The molecular weight excluding hydrogens is 176 g/mol. The first-order valence-electron chi connectivity index (χ1n) is 4.33. The Morgan fingerprint density at radius 1 is 1.42 bits per heavy atom. The Morgan fingerprint density at radius 2 is 2.08 bits per heavy atom. The molecule has 4 nitrogen and oxygen atoms in total. The lowest BCUT2D eigenvalue weighted by Crippen LogP contribution is -2.53. The molecule has 0 saturated carbocycles. The van der Waals surface area contributed by atoms with Crippen LogP contribution in [0.15, 0.2) is 0 Å². The maximum Gasteiger partial charge on any atom is 0.277 e. The fraction of sp³-hybridized carbons (Fsp3) is 1.00. The highest BCUT2D eigenvalue weighted by molar-refractivity contribution is 7.87. The second-order valence-electron chi connectivity index (χ2n) is 3.36. The molecule has 2 atom stereocenters. The molecule has 1 rings (SSSR count). The van der Waals surface area contributed by atoms with Crippen LogP contribution in [0.1, 0.15) is 33.1 Å². The molecule has 0 amide bonds. The van der Waals surface area contributed by atoms with Gasteiger partial charge in [-0.05, 0) is 19.8 Å². The molecule has 0 spiro atoms. The van der Waals surface area contributed by atoms with Gasteiger partial charge in [-0.1, -0.05) is 13.3 Å². The molecule has 2 unspecified atom stereocenters. The second kappa shape index (κ2) is 3.72. The summed E-state index contributed by atoms with van der Waals surface area (Å²) < 4.78 is 27.3. The number of hydrogen-bond acceptors (Lipinski definition) is 2. The van der Waals surface area contributed by atoms with E-state index in [2.05, 4.69) is 16.4 Å². The Bertz CT molecular complexity index is 238. The predicted molar refractivity (Wildman–Crippen MR) is 48.0 cm³/mol. The first-order chi connectivity index (χ1) is 5.53. The van der Waals surface area contributed by atoms with E-state index >= 15 is 0 Å². The second-order valence-corrected chi connectivity index (χ2v) is 4.84. The van der Waals surface area contributed by atoms with E-state index in [4.69, 9.17) is 0 Å². The Morgan fingerprint density at radius 3 is 2.58 bits per heavy atom. The molecule has 0 aromatic heterocycles. The lowest BCUT2D eigenvalue weighted by atomic mass is 10.1. The molecule has 0 aromatic carbocycles. The zero-order chi connectivity index (χ0) is 9.19. The van der Waals surface area contributed by atoms with Crippen LogP contribution in [-0.4, -0.2) is 20.5 Å². The molecule has 72 valence electrons. The van der Waals surface area contributed by atoms with Crippen LogP contribution in [-0.2, 0) is 10.2 Å². The van der Waals surface area contributed by atoms with Gasteiger partial charge in [0.1, 0.15) is 0 Å². The first kappa shape index (κ1) is 9.95. The lowest BCUT2D eigenvalue weighted by Gasteiger charge is -2.28. The molecule has 1 heterocycles. The summed E-state index contributed by atoms with van der Waals surface area (Å²) in [5, 5.41) is 0. The third kappa shape index (κ3) is 2.73. The topological polar surface area (TPSA) is 58.2 Å². The van der Waals surface area contributed by atoms with Gasteiger partial charge in [0.25, 0.3) is 10.2 Å². The van der Waals surface area contributed by atoms with E-state index in [9.17, 15) is 8.42 Å². The van der Waals surface area contributed by atoms with E-state index in [-0.39, 0.29) is 12.1 Å². The van der Waals surface area contributed by atoms with Crippen LogP contribution in [0.25, 0.3) is 0 Å². The summed E-state index contributed by atoms with van der Waals surface area (Å²) in [5.41, 5.74) is 0. The summed E-state index contributed by atoms with van der Waals surface area (Å²) in [6.45, 7) is 3.95. The van der Waals surface area contributed by atoms with Crippen LogP contribution in [0.2, 0.25) is 0 Å². The van der Waals surface area contributed by atoms with Crippen molar-refractivity contribution >= 4 is 10.2 Å². The minimum atomic E-state index is -3.20. The van der Waals surface area contributed by atoms with Crippen molar-refractivity contribution in [3.63, 3.8) is 0 Å². The van der Waals surface area contributed by atoms with Crippen molar-refractivity contribution < 1.29 is 8.42 Å². The van der Waals surface area contributed by atoms with Crippen LogP contribution in [0.5, 0.6) is 0 Å². The van der Waals surface area contributed by atoms with Gasteiger partial charge in [0.15, 0.2) is 0 Å². The van der Waals surface area contributed by atoms with Gasteiger partial charge >= 0.3 is 0 Å². The molecule has 1 aliphatic rings. The summed E-state index contributed by atoms with van der Waals surface area (Å²) in [7, 11) is -3.20. The summed E-state index contributed by atoms with van der Waals surface area (Å²) in [6, 6.07) is 0.184. The van der Waals surface area contributed by atoms with Crippen molar-refractivity contribution in [2.45, 2.75) is 45.2 Å². The van der Waals surface area contributed by atoms with E-state index in [1.165, 1.54) is 0 Å². The van der Waals surface area contributed by atoms with Gasteiger partial charge in [0.05, 0.1) is 0 Å². The Balaban J connectivity index is 2.58. The molecule has 0 aliphatic carbocycles. The molecule has 0 radical (unpaired) electrons. The molecule has 12 heavy (non-hydrogen) atoms. The molecule has 5 heteroatoms. The van der Waals surface area contributed by atoms with Gasteiger partial charge in [0.2, 0.25) is 0 Å². The molecule has 1 saturated heterocycles. The minimum Gasteiger partial charge on any atom is -0.199 e. The van der Waals surface area contributed by atoms with Gasteiger partial charge in [-0.25, -0.2) is 0 Å². The van der Waals surface area contributed by atoms with Crippen LogP contribution >= 0.6 is 0 Å². The van der Waals surface area contributed by atoms with Crippen LogP contribution in [0.3, 0.4) is 0 Å². The minimum absolute atomic E-state index is 0.0628. The van der Waals surface area contributed by atoms with Crippen molar-refractivity contribution in [2.24, 2.45) is 0 Å². The third-order valence-corrected chi connectivity index (χ3v) is 3.31. The van der Waals surface area contributed by atoms with Gasteiger partial charge in [-0.15, -0.1) is 0 Å². The maximum atomic E-state index is 11.1. The third-order valence-electron chi connectivity index (χ3n) is 1.95. The van der Waals surface area contributed by atoms with Crippen molar-refractivity contribution in [2.75, 3.05) is 0 Å². The fourth-order valence-electron chi connectivity index (χ4n) is 1.57. The molecule has 1 aliphatic heterocycles. The highest BCUT2D eigenvalue weighted by Crippen LogP contribution is 2.11. The van der Waals surface area contributed by atoms with Crippen LogP contribution < -0.4 is 9.44 Å². The SMILES string of the molecule is CCCC1CC(C)NS(=O)(=O)N1. The molecule has 0 aromatic rings. The lowest BCUT2D eigenvalue weighted by molar-refractivity contribution is 0.413. The van der Waals surface area contributed by atoms with E-state index in [0.29, 0.717) is 0 Å². The molecular formula is C7H16N2O2S. The zero-order valence-electron chi connectivity index (χ0n) is 7.50. The summed E-state index contributed by atoms with van der Waals surface area (Å²) in [4.78, 5) is 0. The number of nitrogens with one attached hydrogen (secondary N) is 2. The van der Waals surface area contributed by atoms with E-state index < -0.39 is 10.2 Å². The standard InChI is InChI=1S/C7H16N2O2S/c1-3-4-7-5-6(2)8-12(10,11)9-7/h6-9H,3-5H2,1-2H3. The Labute approximate surface area is 73.9 Å². The monoisotopic (exact) mass is 192 g/mol. The van der Waals surface area contributed by atoms with Gasteiger partial charge in [-0.3, -0.25) is 0 Å². The smallest absolute Gasteiger partial charge is 0.199 e. The highest BCUT2D eigenvalue weighted by Gasteiger charge is 2.26. The largest absolute Gasteiger partial charge is 0.277 e. The summed E-state index contributed by atoms with van der Waals surface area (Å²) >= 11 is 0. The van der Waals surface area contributed by atoms with Gasteiger partial charge < -0.3 is 0 Å². The average molecular weight is 192 g/mol. The van der Waals surface area contributed by atoms with Crippen molar-refractivity contribution in [1.82, 2.24) is 9.44 Å².